The molecule has 1 aromatic heterocycles. The van der Waals surface area contributed by atoms with E-state index < -0.39 is 23.5 Å². The maximum atomic E-state index is 13.0. The van der Waals surface area contributed by atoms with Gasteiger partial charge >= 0.3 is 5.97 Å². The first kappa shape index (κ1) is 16.0. The summed E-state index contributed by atoms with van der Waals surface area (Å²) < 4.78 is 17.8. The molecule has 0 amide bonds. The highest BCUT2D eigenvalue weighted by atomic mass is 35.5. The molecule has 0 N–H and O–H groups in total. The molecule has 0 spiro atoms. The second kappa shape index (κ2) is 7.04. The molecule has 6 nitrogen and oxygen atoms in total. The molecule has 0 saturated heterocycles. The maximum absolute atomic E-state index is 13.0. The van der Waals surface area contributed by atoms with Crippen molar-refractivity contribution in [1.29, 1.82) is 0 Å². The van der Waals surface area contributed by atoms with E-state index in [2.05, 4.69) is 15.0 Å². The van der Waals surface area contributed by atoms with E-state index in [0.29, 0.717) is 0 Å². The predicted octanol–water partition coefficient (Wildman–Crippen LogP) is 2.19. The standard InChI is InChI=1S/C14H11ClFN3O3/c1-2-22-13(21)10(12-17-7-18-14(15)19-12)11(20)8-3-5-9(16)6-4-8/h3-7,10H,2H2,1H3. The molecular formula is C14H11ClFN3O3. The SMILES string of the molecule is CCOC(=O)C(C(=O)c1ccc(F)cc1)c1ncnc(Cl)n1. The highest BCUT2D eigenvalue weighted by molar-refractivity contribution is 6.28. The second-order valence-electron chi connectivity index (χ2n) is 4.17. The number of hydrogen-bond acceptors (Lipinski definition) is 6. The van der Waals surface area contributed by atoms with E-state index in [0.717, 1.165) is 18.5 Å². The number of hydrogen-bond donors (Lipinski definition) is 0. The number of rotatable bonds is 5. The van der Waals surface area contributed by atoms with Crippen molar-refractivity contribution in [2.45, 2.75) is 12.8 Å². The van der Waals surface area contributed by atoms with Crippen LogP contribution in [0.15, 0.2) is 30.6 Å². The van der Waals surface area contributed by atoms with Crippen molar-refractivity contribution < 1.29 is 18.7 Å². The smallest absolute Gasteiger partial charge is 0.324 e. The number of Topliss-reactive ketones (excluding diaryl/α,β-unsaturated/α-hetero) is 1. The van der Waals surface area contributed by atoms with Crippen molar-refractivity contribution in [3.05, 3.63) is 53.1 Å². The monoisotopic (exact) mass is 323 g/mol. The summed E-state index contributed by atoms with van der Waals surface area (Å²) in [5, 5.41) is -0.147. The first-order valence-electron chi connectivity index (χ1n) is 6.33. The van der Waals surface area contributed by atoms with Crippen molar-refractivity contribution in [3.8, 4) is 0 Å². The van der Waals surface area contributed by atoms with Gasteiger partial charge in [0.2, 0.25) is 5.28 Å². The Morgan fingerprint density at radius 3 is 2.55 bits per heavy atom. The Labute approximate surface area is 130 Å². The zero-order chi connectivity index (χ0) is 16.1. The van der Waals surface area contributed by atoms with Crippen LogP contribution in [0.3, 0.4) is 0 Å². The van der Waals surface area contributed by atoms with E-state index in [1.807, 2.05) is 0 Å². The second-order valence-corrected chi connectivity index (χ2v) is 4.51. The topological polar surface area (TPSA) is 82.0 Å². The van der Waals surface area contributed by atoms with Gasteiger partial charge in [0.05, 0.1) is 6.61 Å². The molecule has 0 fully saturated rings. The zero-order valence-corrected chi connectivity index (χ0v) is 12.2. The van der Waals surface area contributed by atoms with Gasteiger partial charge in [0.1, 0.15) is 12.1 Å². The quantitative estimate of drug-likeness (QED) is 0.476. The van der Waals surface area contributed by atoms with Gasteiger partial charge in [0.25, 0.3) is 0 Å². The number of esters is 1. The molecule has 2 aromatic rings. The van der Waals surface area contributed by atoms with Crippen molar-refractivity contribution in [1.82, 2.24) is 15.0 Å². The largest absolute Gasteiger partial charge is 0.465 e. The summed E-state index contributed by atoms with van der Waals surface area (Å²) >= 11 is 5.67. The molecule has 0 saturated carbocycles. The van der Waals surface area contributed by atoms with Gasteiger partial charge in [-0.05, 0) is 42.8 Å². The number of ether oxygens (including phenoxy) is 1. The van der Waals surface area contributed by atoms with Gasteiger partial charge < -0.3 is 4.74 Å². The van der Waals surface area contributed by atoms with E-state index in [-0.39, 0.29) is 23.3 Å². The lowest BCUT2D eigenvalue weighted by Crippen LogP contribution is -2.26. The first-order chi connectivity index (χ1) is 10.5. The minimum Gasteiger partial charge on any atom is -0.465 e. The van der Waals surface area contributed by atoms with E-state index in [9.17, 15) is 14.0 Å². The summed E-state index contributed by atoms with van der Waals surface area (Å²) in [4.78, 5) is 35.8. The van der Waals surface area contributed by atoms with Crippen LogP contribution in [0, 0.1) is 5.82 Å². The molecule has 1 aromatic carbocycles. The third-order valence-corrected chi connectivity index (χ3v) is 2.91. The average molecular weight is 324 g/mol. The summed E-state index contributed by atoms with van der Waals surface area (Å²) in [6.07, 6.45) is 1.09. The lowest BCUT2D eigenvalue weighted by molar-refractivity contribution is -0.143. The summed E-state index contributed by atoms with van der Waals surface area (Å²) in [6.45, 7) is 1.70. The highest BCUT2D eigenvalue weighted by Crippen LogP contribution is 2.20. The van der Waals surface area contributed by atoms with Gasteiger partial charge in [-0.15, -0.1) is 0 Å². The fraction of sp³-hybridized carbons (Fsp3) is 0.214. The van der Waals surface area contributed by atoms with E-state index in [4.69, 9.17) is 16.3 Å². The first-order valence-corrected chi connectivity index (χ1v) is 6.71. The maximum Gasteiger partial charge on any atom is 0.324 e. The molecule has 1 heterocycles. The number of carbonyl (C=O) groups excluding carboxylic acids is 2. The van der Waals surface area contributed by atoms with Crippen LogP contribution in [0.1, 0.15) is 29.0 Å². The minimum absolute atomic E-state index is 0.0881. The van der Waals surface area contributed by atoms with E-state index in [1.54, 1.807) is 6.92 Å². The van der Waals surface area contributed by atoms with Gasteiger partial charge in [0, 0.05) is 5.56 Å². The zero-order valence-electron chi connectivity index (χ0n) is 11.5. The Morgan fingerprint density at radius 1 is 1.27 bits per heavy atom. The van der Waals surface area contributed by atoms with Gasteiger partial charge in [-0.25, -0.2) is 19.3 Å². The number of ketones is 1. The molecule has 1 atom stereocenters. The Bertz CT molecular complexity index is 694. The summed E-state index contributed by atoms with van der Waals surface area (Å²) in [6, 6.07) is 4.78. The third-order valence-electron chi connectivity index (χ3n) is 2.73. The van der Waals surface area contributed by atoms with Crippen molar-refractivity contribution in [2.24, 2.45) is 0 Å². The molecule has 1 unspecified atom stereocenters. The lowest BCUT2D eigenvalue weighted by atomic mass is 9.97. The molecule has 0 radical (unpaired) electrons. The molecule has 0 aliphatic rings. The number of halogens is 2. The van der Waals surface area contributed by atoms with Crippen LogP contribution >= 0.6 is 11.6 Å². The van der Waals surface area contributed by atoms with Crippen LogP contribution in [-0.4, -0.2) is 33.3 Å². The van der Waals surface area contributed by atoms with Gasteiger partial charge in [0.15, 0.2) is 17.5 Å². The van der Waals surface area contributed by atoms with Gasteiger partial charge in [-0.3, -0.25) is 9.59 Å². The van der Waals surface area contributed by atoms with Crippen molar-refractivity contribution in [3.63, 3.8) is 0 Å². The Kier molecular flexibility index (Phi) is 5.11. The number of aromatic nitrogens is 3. The number of nitrogens with zero attached hydrogens (tertiary/aromatic N) is 3. The normalized spacial score (nSPS) is 11.8. The molecule has 0 bridgehead atoms. The van der Waals surface area contributed by atoms with E-state index >= 15 is 0 Å². The van der Waals surface area contributed by atoms with Crippen LogP contribution in [0.25, 0.3) is 0 Å². The van der Waals surface area contributed by atoms with Crippen molar-refractivity contribution >= 4 is 23.4 Å². The molecule has 22 heavy (non-hydrogen) atoms. The Balaban J connectivity index is 2.42. The van der Waals surface area contributed by atoms with Crippen LogP contribution in [0.5, 0.6) is 0 Å². The van der Waals surface area contributed by atoms with Crippen LogP contribution in [-0.2, 0) is 9.53 Å². The fourth-order valence-electron chi connectivity index (χ4n) is 1.76. The molecule has 0 aliphatic heterocycles. The molecule has 2 rings (SSSR count). The van der Waals surface area contributed by atoms with Gasteiger partial charge in [-0.1, -0.05) is 0 Å². The summed E-state index contributed by atoms with van der Waals surface area (Å²) in [5.74, 6) is -3.41. The predicted molar refractivity (Wildman–Crippen MR) is 74.9 cm³/mol. The average Bonchev–Trinajstić information content (AvgIpc) is 2.48. The van der Waals surface area contributed by atoms with Gasteiger partial charge in [-0.2, -0.15) is 0 Å². The summed E-state index contributed by atoms with van der Waals surface area (Å²) in [5.41, 5.74) is 0.135. The number of benzene rings is 1. The van der Waals surface area contributed by atoms with Crippen LogP contribution < -0.4 is 0 Å². The third kappa shape index (κ3) is 3.62. The highest BCUT2D eigenvalue weighted by Gasteiger charge is 2.33. The van der Waals surface area contributed by atoms with Crippen LogP contribution in [0.4, 0.5) is 4.39 Å². The molecular weight excluding hydrogens is 313 g/mol. The fourth-order valence-corrected chi connectivity index (χ4v) is 1.89. The summed E-state index contributed by atoms with van der Waals surface area (Å²) in [7, 11) is 0. The molecule has 114 valence electrons. The van der Waals surface area contributed by atoms with E-state index in [1.165, 1.54) is 12.1 Å². The van der Waals surface area contributed by atoms with Crippen LogP contribution in [0.2, 0.25) is 5.28 Å². The number of carbonyl (C=O) groups is 2. The minimum atomic E-state index is -1.38. The molecule has 8 heteroatoms. The molecule has 0 aliphatic carbocycles. The Morgan fingerprint density at radius 2 is 1.95 bits per heavy atom. The van der Waals surface area contributed by atoms with Crippen molar-refractivity contribution in [2.75, 3.05) is 6.61 Å². The lowest BCUT2D eigenvalue weighted by Gasteiger charge is -2.13. The Hall–Kier alpha value is -2.41.